The highest BCUT2D eigenvalue weighted by atomic mass is 16.5. The summed E-state index contributed by atoms with van der Waals surface area (Å²) in [5, 5.41) is 1.43. The van der Waals surface area contributed by atoms with E-state index in [4.69, 9.17) is 4.74 Å². The summed E-state index contributed by atoms with van der Waals surface area (Å²) in [6, 6.07) is 28.5. The first-order valence-corrected chi connectivity index (χ1v) is 10.9. The monoisotopic (exact) mass is 391 g/mol. The van der Waals surface area contributed by atoms with Crippen LogP contribution in [0.2, 0.25) is 0 Å². The number of hydrogen-bond donors (Lipinski definition) is 0. The van der Waals surface area contributed by atoms with Gasteiger partial charge in [0.1, 0.15) is 5.75 Å². The number of allylic oxidation sites excluding steroid dienone is 1. The number of hydrogen-bond acceptors (Lipinski definition) is 1. The van der Waals surface area contributed by atoms with E-state index in [0.717, 1.165) is 5.75 Å². The average Bonchev–Trinajstić information content (AvgIpc) is 3.16. The first-order valence-electron chi connectivity index (χ1n) is 10.9. The van der Waals surface area contributed by atoms with Crippen LogP contribution >= 0.6 is 0 Å². The Kier molecular flexibility index (Phi) is 4.05. The van der Waals surface area contributed by atoms with E-state index in [1.165, 1.54) is 52.7 Å². The van der Waals surface area contributed by atoms with Crippen molar-refractivity contribution in [3.8, 4) is 5.75 Å². The lowest BCUT2D eigenvalue weighted by Crippen LogP contribution is -2.24. The van der Waals surface area contributed by atoms with Gasteiger partial charge in [0.15, 0.2) is 0 Å². The van der Waals surface area contributed by atoms with E-state index in [0.29, 0.717) is 11.8 Å². The van der Waals surface area contributed by atoms with Crippen LogP contribution in [-0.4, -0.2) is 11.7 Å². The van der Waals surface area contributed by atoms with Gasteiger partial charge in [0.05, 0.1) is 12.6 Å². The topological polar surface area (TPSA) is 14.2 Å². The molecule has 1 aromatic heterocycles. The number of aryl methyl sites for hydroxylation is 1. The molecule has 4 aromatic rings. The highest BCUT2D eigenvalue weighted by molar-refractivity contribution is 5.92. The Morgan fingerprint density at radius 2 is 1.63 bits per heavy atom. The van der Waals surface area contributed by atoms with E-state index >= 15 is 0 Å². The standard InChI is InChI=1S/C28H25NO/c1-30-21-16-14-19(15-17-21)25-18-27(20-8-3-2-4-9-20)29-26-13-6-5-10-22(26)23-11-7-12-24(25)28(23)29/h2-6,8-10,13-18,24-25H,7,11-12H2,1H3. The summed E-state index contributed by atoms with van der Waals surface area (Å²) >= 11 is 0. The van der Waals surface area contributed by atoms with Gasteiger partial charge in [0, 0.05) is 28.6 Å². The largest absolute Gasteiger partial charge is 0.497 e. The summed E-state index contributed by atoms with van der Waals surface area (Å²) in [6.07, 6.45) is 6.18. The molecule has 2 atom stereocenters. The van der Waals surface area contributed by atoms with Crippen molar-refractivity contribution < 1.29 is 4.74 Å². The minimum absolute atomic E-state index is 0.377. The summed E-state index contributed by atoms with van der Waals surface area (Å²) in [4.78, 5) is 0. The molecule has 2 aliphatic rings. The van der Waals surface area contributed by atoms with Crippen molar-refractivity contribution in [2.45, 2.75) is 31.1 Å². The van der Waals surface area contributed by atoms with Crippen LogP contribution in [-0.2, 0) is 6.42 Å². The Morgan fingerprint density at radius 1 is 0.867 bits per heavy atom. The molecule has 0 spiro atoms. The fourth-order valence-electron chi connectivity index (χ4n) is 5.57. The smallest absolute Gasteiger partial charge is 0.118 e. The zero-order valence-electron chi connectivity index (χ0n) is 17.2. The molecule has 30 heavy (non-hydrogen) atoms. The number of rotatable bonds is 3. The molecule has 0 saturated carbocycles. The van der Waals surface area contributed by atoms with Gasteiger partial charge in [-0.15, -0.1) is 0 Å². The molecule has 0 saturated heterocycles. The number of aromatic nitrogens is 1. The molecule has 0 bridgehead atoms. The minimum Gasteiger partial charge on any atom is -0.497 e. The molecule has 0 amide bonds. The molecule has 1 aliphatic carbocycles. The van der Waals surface area contributed by atoms with Crippen molar-refractivity contribution in [1.82, 2.24) is 4.57 Å². The molecule has 1 aliphatic heterocycles. The van der Waals surface area contributed by atoms with E-state index < -0.39 is 0 Å². The molecular formula is C28H25NO. The van der Waals surface area contributed by atoms with E-state index in [1.54, 1.807) is 12.7 Å². The Labute approximate surface area is 177 Å². The Bertz CT molecular complexity index is 1250. The molecule has 2 heteroatoms. The molecule has 0 fully saturated rings. The zero-order valence-corrected chi connectivity index (χ0v) is 17.2. The van der Waals surface area contributed by atoms with Gasteiger partial charge < -0.3 is 9.30 Å². The van der Waals surface area contributed by atoms with Crippen LogP contribution in [0.15, 0.2) is 84.9 Å². The minimum atomic E-state index is 0.377. The van der Waals surface area contributed by atoms with Gasteiger partial charge in [0.2, 0.25) is 0 Å². The first-order chi connectivity index (χ1) is 14.8. The second kappa shape index (κ2) is 6.91. The predicted octanol–water partition coefficient (Wildman–Crippen LogP) is 6.76. The second-order valence-corrected chi connectivity index (χ2v) is 8.43. The molecule has 0 radical (unpaired) electrons. The highest BCUT2D eigenvalue weighted by Crippen LogP contribution is 2.51. The lowest BCUT2D eigenvalue weighted by atomic mass is 9.73. The Hall–Kier alpha value is -3.26. The summed E-state index contributed by atoms with van der Waals surface area (Å²) in [7, 11) is 1.73. The molecule has 0 N–H and O–H groups in total. The van der Waals surface area contributed by atoms with Crippen LogP contribution < -0.4 is 4.74 Å². The second-order valence-electron chi connectivity index (χ2n) is 8.43. The quantitative estimate of drug-likeness (QED) is 0.376. The number of methoxy groups -OCH3 is 1. The summed E-state index contributed by atoms with van der Waals surface area (Å²) < 4.78 is 7.97. The maximum atomic E-state index is 5.41. The molecular weight excluding hydrogens is 366 g/mol. The summed E-state index contributed by atoms with van der Waals surface area (Å²) in [6.45, 7) is 0. The molecule has 3 aromatic carbocycles. The Morgan fingerprint density at radius 3 is 2.43 bits per heavy atom. The zero-order chi connectivity index (χ0) is 20.1. The first kappa shape index (κ1) is 17.6. The maximum absolute atomic E-state index is 5.41. The van der Waals surface area contributed by atoms with Crippen LogP contribution in [0.4, 0.5) is 0 Å². The fraction of sp³-hybridized carbons (Fsp3) is 0.214. The van der Waals surface area contributed by atoms with Gasteiger partial charge in [-0.05, 0) is 54.2 Å². The van der Waals surface area contributed by atoms with Crippen LogP contribution in [0.5, 0.6) is 5.75 Å². The van der Waals surface area contributed by atoms with E-state index in [2.05, 4.69) is 89.5 Å². The van der Waals surface area contributed by atoms with Gasteiger partial charge in [0.25, 0.3) is 0 Å². The SMILES string of the molecule is COc1ccc(C2C=C(c3ccccc3)n3c4c(c5ccccc53)CCCC42)cc1. The van der Waals surface area contributed by atoms with Crippen LogP contribution in [0.3, 0.4) is 0 Å². The normalized spacial score (nSPS) is 20.0. The van der Waals surface area contributed by atoms with Gasteiger partial charge in [-0.2, -0.15) is 0 Å². The average molecular weight is 392 g/mol. The third-order valence-electron chi connectivity index (χ3n) is 6.90. The van der Waals surface area contributed by atoms with E-state index in [-0.39, 0.29) is 0 Å². The van der Waals surface area contributed by atoms with Crippen molar-refractivity contribution in [1.29, 1.82) is 0 Å². The van der Waals surface area contributed by atoms with Gasteiger partial charge in [-0.3, -0.25) is 0 Å². The lowest BCUT2D eigenvalue weighted by Gasteiger charge is -2.36. The van der Waals surface area contributed by atoms with E-state index in [9.17, 15) is 0 Å². The van der Waals surface area contributed by atoms with Gasteiger partial charge in [-0.25, -0.2) is 0 Å². The van der Waals surface area contributed by atoms with Crippen molar-refractivity contribution in [2.24, 2.45) is 0 Å². The van der Waals surface area contributed by atoms with E-state index in [1.807, 2.05) is 0 Å². The summed E-state index contributed by atoms with van der Waals surface area (Å²) in [5.41, 5.74) is 8.40. The van der Waals surface area contributed by atoms with Crippen molar-refractivity contribution in [2.75, 3.05) is 7.11 Å². The maximum Gasteiger partial charge on any atom is 0.118 e. The number of para-hydroxylation sites is 1. The van der Waals surface area contributed by atoms with Crippen LogP contribution in [0, 0.1) is 0 Å². The Balaban J connectivity index is 1.63. The number of fused-ring (bicyclic) bond motifs is 3. The third kappa shape index (κ3) is 2.56. The van der Waals surface area contributed by atoms with Crippen molar-refractivity contribution in [3.05, 3.63) is 107 Å². The van der Waals surface area contributed by atoms with Crippen LogP contribution in [0.1, 0.15) is 47.1 Å². The number of nitrogens with zero attached hydrogens (tertiary/aromatic N) is 1. The van der Waals surface area contributed by atoms with Crippen LogP contribution in [0.25, 0.3) is 16.6 Å². The molecule has 2 nitrogen and oxygen atoms in total. The van der Waals surface area contributed by atoms with Gasteiger partial charge in [-0.1, -0.05) is 66.7 Å². The molecule has 2 heterocycles. The van der Waals surface area contributed by atoms with Crippen molar-refractivity contribution >= 4 is 16.6 Å². The van der Waals surface area contributed by atoms with Gasteiger partial charge >= 0.3 is 0 Å². The highest BCUT2D eigenvalue weighted by Gasteiger charge is 2.37. The number of ether oxygens (including phenoxy) is 1. The molecule has 6 rings (SSSR count). The fourth-order valence-corrected chi connectivity index (χ4v) is 5.57. The molecule has 148 valence electrons. The number of benzene rings is 3. The third-order valence-corrected chi connectivity index (χ3v) is 6.90. The lowest BCUT2D eigenvalue weighted by molar-refractivity contribution is 0.414. The van der Waals surface area contributed by atoms with Crippen molar-refractivity contribution in [3.63, 3.8) is 0 Å². The molecule has 2 unspecified atom stereocenters. The predicted molar refractivity (Wildman–Crippen MR) is 123 cm³/mol. The summed E-state index contributed by atoms with van der Waals surface area (Å²) in [5.74, 6) is 1.81.